The summed E-state index contributed by atoms with van der Waals surface area (Å²) in [7, 11) is 0. The van der Waals surface area contributed by atoms with Crippen LogP contribution in [0.25, 0.3) is 6.08 Å². The molecule has 11 heteroatoms. The Kier molecular flexibility index (Phi) is 8.11. The van der Waals surface area contributed by atoms with E-state index in [1.807, 2.05) is 19.1 Å². The monoisotopic (exact) mass is 645 g/mol. The van der Waals surface area contributed by atoms with Gasteiger partial charge in [-0.15, -0.1) is 0 Å². The Balaban J connectivity index is 1.52. The zero-order chi connectivity index (χ0) is 26.7. The number of hydrogen-bond acceptors (Lipinski definition) is 5. The van der Waals surface area contributed by atoms with Gasteiger partial charge in [-0.1, -0.05) is 35.4 Å². The number of carbonyl (C=O) groups is 4. The third kappa shape index (κ3) is 6.27. The van der Waals surface area contributed by atoms with E-state index in [0.717, 1.165) is 10.5 Å². The van der Waals surface area contributed by atoms with Crippen molar-refractivity contribution in [2.45, 2.75) is 6.92 Å². The summed E-state index contributed by atoms with van der Waals surface area (Å²) < 4.78 is 6.63. The average Bonchev–Trinajstić information content (AvgIpc) is 2.82. The molecule has 8 nitrogen and oxygen atoms in total. The molecule has 0 radical (unpaired) electrons. The van der Waals surface area contributed by atoms with Gasteiger partial charge in [0.25, 0.3) is 17.7 Å². The first-order valence-electron chi connectivity index (χ1n) is 10.8. The van der Waals surface area contributed by atoms with Gasteiger partial charge in [-0.3, -0.25) is 19.7 Å². The van der Waals surface area contributed by atoms with Crippen LogP contribution in [0.3, 0.4) is 0 Å². The van der Waals surface area contributed by atoms with Gasteiger partial charge in [0.2, 0.25) is 0 Å². The first-order valence-corrected chi connectivity index (χ1v) is 12.7. The van der Waals surface area contributed by atoms with Gasteiger partial charge in [-0.05, 0) is 92.9 Å². The fourth-order valence-corrected chi connectivity index (χ4v) is 5.08. The fourth-order valence-electron chi connectivity index (χ4n) is 3.45. The van der Waals surface area contributed by atoms with E-state index >= 15 is 0 Å². The van der Waals surface area contributed by atoms with Crippen LogP contribution >= 0.6 is 43.5 Å². The number of hydrogen-bond donors (Lipinski definition) is 2. The van der Waals surface area contributed by atoms with Gasteiger partial charge >= 0.3 is 6.03 Å². The van der Waals surface area contributed by atoms with E-state index in [1.54, 1.807) is 36.4 Å². The molecule has 5 amide bonds. The number of barbiturate groups is 1. The van der Waals surface area contributed by atoms with Gasteiger partial charge in [0.15, 0.2) is 6.61 Å². The van der Waals surface area contributed by atoms with Gasteiger partial charge in [0.1, 0.15) is 11.3 Å². The van der Waals surface area contributed by atoms with Crippen molar-refractivity contribution in [3.05, 3.63) is 91.3 Å². The van der Waals surface area contributed by atoms with Crippen LogP contribution in [0.1, 0.15) is 11.1 Å². The molecule has 1 saturated heterocycles. The van der Waals surface area contributed by atoms with Crippen molar-refractivity contribution in [2.75, 3.05) is 16.8 Å². The normalized spacial score (nSPS) is 14.5. The molecule has 0 unspecified atom stereocenters. The Hall–Kier alpha value is -3.47. The van der Waals surface area contributed by atoms with E-state index in [-0.39, 0.29) is 23.8 Å². The molecule has 188 valence electrons. The number of nitrogens with one attached hydrogen (secondary N) is 2. The van der Waals surface area contributed by atoms with Gasteiger partial charge in [-0.2, -0.15) is 0 Å². The Bertz CT molecular complexity index is 1430. The van der Waals surface area contributed by atoms with Crippen molar-refractivity contribution in [2.24, 2.45) is 0 Å². The highest BCUT2D eigenvalue weighted by molar-refractivity contribution is 9.11. The van der Waals surface area contributed by atoms with Crippen LogP contribution in [-0.4, -0.2) is 30.4 Å². The van der Waals surface area contributed by atoms with Crippen LogP contribution in [0, 0.1) is 6.92 Å². The average molecular weight is 648 g/mol. The number of amides is 5. The van der Waals surface area contributed by atoms with Crippen LogP contribution in [0.15, 0.2) is 75.2 Å². The quantitative estimate of drug-likeness (QED) is 0.258. The molecule has 1 aliphatic rings. The molecule has 1 heterocycles. The second-order valence-corrected chi connectivity index (χ2v) is 10.1. The predicted molar refractivity (Wildman–Crippen MR) is 148 cm³/mol. The first kappa shape index (κ1) is 26.6. The zero-order valence-electron chi connectivity index (χ0n) is 19.2. The lowest BCUT2D eigenvalue weighted by Crippen LogP contribution is -2.54. The molecule has 0 spiro atoms. The number of urea groups is 1. The summed E-state index contributed by atoms with van der Waals surface area (Å²) in [6, 6.07) is 15.9. The zero-order valence-corrected chi connectivity index (χ0v) is 23.1. The lowest BCUT2D eigenvalue weighted by molar-refractivity contribution is -0.122. The summed E-state index contributed by atoms with van der Waals surface area (Å²) in [6.07, 6.45) is 1.35. The minimum absolute atomic E-state index is 0.225. The fraction of sp³-hybridized carbons (Fsp3) is 0.0769. The van der Waals surface area contributed by atoms with Gasteiger partial charge in [0, 0.05) is 10.7 Å². The number of ether oxygens (including phenoxy) is 1. The second-order valence-electron chi connectivity index (χ2n) is 7.95. The number of nitrogens with zero attached hydrogens (tertiary/aromatic N) is 1. The van der Waals surface area contributed by atoms with Gasteiger partial charge < -0.3 is 10.1 Å². The number of benzene rings is 3. The lowest BCUT2D eigenvalue weighted by atomic mass is 10.1. The summed E-state index contributed by atoms with van der Waals surface area (Å²) in [5, 5.41) is 5.25. The third-order valence-electron chi connectivity index (χ3n) is 5.18. The summed E-state index contributed by atoms with van der Waals surface area (Å²) in [5.74, 6) is -1.61. The highest BCUT2D eigenvalue weighted by Gasteiger charge is 2.37. The standard InChI is InChI=1S/C26H18Br2ClN3O5/c1-14-5-7-17(8-6-14)30-22(33)13-37-23-20(27)10-15(11-21(23)28)9-19-24(34)31-26(36)32(25(19)35)18-4-2-3-16(29)12-18/h2-12H,13H2,1H3,(H,30,33)(H,31,34,36)/b19-9+. The summed E-state index contributed by atoms with van der Waals surface area (Å²) in [6.45, 7) is 1.71. The number of aryl methyl sites for hydroxylation is 1. The Morgan fingerprint density at radius 1 is 1.05 bits per heavy atom. The molecule has 2 N–H and O–H groups in total. The molecule has 0 aliphatic carbocycles. The number of halogens is 3. The van der Waals surface area contributed by atoms with Crippen molar-refractivity contribution in [1.82, 2.24) is 5.32 Å². The maximum atomic E-state index is 13.1. The van der Waals surface area contributed by atoms with Crippen LogP contribution < -0.4 is 20.3 Å². The maximum Gasteiger partial charge on any atom is 0.335 e. The molecule has 0 aromatic heterocycles. The van der Waals surface area contributed by atoms with Crippen LogP contribution in [-0.2, 0) is 14.4 Å². The topological polar surface area (TPSA) is 105 Å². The van der Waals surface area contributed by atoms with Crippen molar-refractivity contribution in [3.63, 3.8) is 0 Å². The molecular formula is C26H18Br2ClN3O5. The number of imide groups is 2. The molecule has 1 aliphatic heterocycles. The predicted octanol–water partition coefficient (Wildman–Crippen LogP) is 5.86. The van der Waals surface area contributed by atoms with Crippen LogP contribution in [0.5, 0.6) is 5.75 Å². The largest absolute Gasteiger partial charge is 0.481 e. The molecule has 3 aromatic rings. The minimum atomic E-state index is -0.871. The second kappa shape index (κ2) is 11.3. The molecule has 0 bridgehead atoms. The maximum absolute atomic E-state index is 13.1. The number of rotatable bonds is 6. The highest BCUT2D eigenvalue weighted by Crippen LogP contribution is 2.36. The van der Waals surface area contributed by atoms with E-state index in [2.05, 4.69) is 42.5 Å². The van der Waals surface area contributed by atoms with Gasteiger partial charge in [0.05, 0.1) is 14.6 Å². The highest BCUT2D eigenvalue weighted by atomic mass is 79.9. The summed E-state index contributed by atoms with van der Waals surface area (Å²) in [4.78, 5) is 51.1. The Morgan fingerprint density at radius 3 is 2.38 bits per heavy atom. The molecular weight excluding hydrogens is 630 g/mol. The van der Waals surface area contributed by atoms with Crippen LogP contribution in [0.2, 0.25) is 5.02 Å². The van der Waals surface area contributed by atoms with Crippen molar-refractivity contribution in [3.8, 4) is 5.75 Å². The molecule has 3 aromatic carbocycles. The van der Waals surface area contributed by atoms with Crippen molar-refractivity contribution >= 4 is 84.7 Å². The SMILES string of the molecule is Cc1ccc(NC(=O)COc2c(Br)cc(/C=C3\C(=O)NC(=O)N(c4cccc(Cl)c4)C3=O)cc2Br)cc1. The Morgan fingerprint density at radius 2 is 1.73 bits per heavy atom. The molecule has 1 fully saturated rings. The van der Waals surface area contributed by atoms with Gasteiger partial charge in [-0.25, -0.2) is 9.69 Å². The third-order valence-corrected chi connectivity index (χ3v) is 6.60. The molecule has 0 atom stereocenters. The summed E-state index contributed by atoms with van der Waals surface area (Å²) in [5.41, 5.74) is 2.18. The number of carbonyl (C=O) groups excluding carboxylic acids is 4. The number of anilines is 2. The van der Waals surface area contributed by atoms with E-state index in [0.29, 0.717) is 31.0 Å². The van der Waals surface area contributed by atoms with E-state index in [4.69, 9.17) is 16.3 Å². The van der Waals surface area contributed by atoms with Crippen molar-refractivity contribution < 1.29 is 23.9 Å². The smallest absolute Gasteiger partial charge is 0.335 e. The minimum Gasteiger partial charge on any atom is -0.481 e. The first-order chi connectivity index (χ1) is 17.6. The molecule has 4 rings (SSSR count). The summed E-state index contributed by atoms with van der Waals surface area (Å²) >= 11 is 12.8. The van der Waals surface area contributed by atoms with Crippen LogP contribution in [0.4, 0.5) is 16.2 Å². The van der Waals surface area contributed by atoms with E-state index in [1.165, 1.54) is 18.2 Å². The lowest BCUT2D eigenvalue weighted by Gasteiger charge is -2.26. The van der Waals surface area contributed by atoms with E-state index in [9.17, 15) is 19.2 Å². The van der Waals surface area contributed by atoms with E-state index < -0.39 is 17.8 Å². The molecule has 0 saturated carbocycles. The van der Waals surface area contributed by atoms with Crippen molar-refractivity contribution in [1.29, 1.82) is 0 Å². The molecule has 37 heavy (non-hydrogen) atoms. The Labute approximate surface area is 233 Å².